The average Bonchev–Trinajstić information content (AvgIpc) is 3.16. The molecule has 7 heteroatoms. The Balaban J connectivity index is 1.31. The number of carbonyl (C=O) groups is 1. The Morgan fingerprint density at radius 3 is 2.65 bits per heavy atom. The number of carbonyl (C=O) groups excluding carboxylic acids is 1. The molecule has 1 atom stereocenters. The minimum atomic E-state index is 0.00566. The fourth-order valence-electron chi connectivity index (χ4n) is 4.82. The topological polar surface area (TPSA) is 67.2 Å². The van der Waals surface area contributed by atoms with Crippen LogP contribution in [-0.4, -0.2) is 50.2 Å². The summed E-state index contributed by atoms with van der Waals surface area (Å²) < 4.78 is 1.85. The lowest BCUT2D eigenvalue weighted by Gasteiger charge is -2.37. The van der Waals surface area contributed by atoms with E-state index in [1.54, 1.807) is 6.33 Å². The molecule has 3 aromatic rings. The van der Waals surface area contributed by atoms with E-state index in [1.807, 2.05) is 35.6 Å². The van der Waals surface area contributed by atoms with Crippen LogP contribution in [0, 0.1) is 19.8 Å². The zero-order chi connectivity index (χ0) is 21.4. The highest BCUT2D eigenvalue weighted by Crippen LogP contribution is 2.26. The van der Waals surface area contributed by atoms with Gasteiger partial charge in [-0.05, 0) is 50.3 Å². The number of piperidine rings is 1. The quantitative estimate of drug-likeness (QED) is 0.656. The third kappa shape index (κ3) is 3.92. The lowest BCUT2D eigenvalue weighted by Crippen LogP contribution is -2.46. The number of anilines is 1. The number of rotatable bonds is 3. The first-order chi connectivity index (χ1) is 15.1. The third-order valence-electron chi connectivity index (χ3n) is 6.40. The number of hydrogen-bond donors (Lipinski definition) is 0. The summed E-state index contributed by atoms with van der Waals surface area (Å²) in [5.41, 5.74) is 4.65. The molecule has 0 saturated carbocycles. The molecular weight excluding hydrogens is 388 g/mol. The van der Waals surface area contributed by atoms with Crippen LogP contribution in [0.4, 0.5) is 5.82 Å². The Morgan fingerprint density at radius 2 is 1.84 bits per heavy atom. The zero-order valence-electron chi connectivity index (χ0n) is 18.2. The average molecular weight is 417 g/mol. The Labute approximate surface area is 182 Å². The summed E-state index contributed by atoms with van der Waals surface area (Å²) in [6.07, 6.45) is 4.45. The van der Waals surface area contributed by atoms with Crippen LogP contribution in [0.25, 0.3) is 5.82 Å². The predicted octanol–water partition coefficient (Wildman–Crippen LogP) is 3.08. The molecule has 2 aliphatic rings. The first-order valence-corrected chi connectivity index (χ1v) is 11.0. The van der Waals surface area contributed by atoms with E-state index in [0.29, 0.717) is 6.54 Å². The van der Waals surface area contributed by atoms with Crippen molar-refractivity contribution in [3.63, 3.8) is 0 Å². The normalized spacial score (nSPS) is 18.7. The maximum absolute atomic E-state index is 13.3. The molecule has 1 amide bonds. The number of hydrogen-bond acceptors (Lipinski definition) is 5. The molecule has 0 radical (unpaired) electrons. The highest BCUT2D eigenvalue weighted by molar-refractivity contribution is 5.80. The summed E-state index contributed by atoms with van der Waals surface area (Å²) in [7, 11) is 0. The van der Waals surface area contributed by atoms with Gasteiger partial charge < -0.3 is 9.80 Å². The number of fused-ring (bicyclic) bond motifs is 1. The van der Waals surface area contributed by atoms with Crippen LogP contribution in [0.2, 0.25) is 0 Å². The molecule has 31 heavy (non-hydrogen) atoms. The van der Waals surface area contributed by atoms with Gasteiger partial charge in [0.2, 0.25) is 5.91 Å². The van der Waals surface area contributed by atoms with E-state index in [0.717, 1.165) is 61.9 Å². The van der Waals surface area contributed by atoms with E-state index < -0.39 is 0 Å². The van der Waals surface area contributed by atoms with Crippen molar-refractivity contribution in [2.45, 2.75) is 39.7 Å². The van der Waals surface area contributed by atoms with Gasteiger partial charge in [0.05, 0.1) is 11.6 Å². The molecule has 5 rings (SSSR count). The van der Waals surface area contributed by atoms with E-state index >= 15 is 0 Å². The lowest BCUT2D eigenvalue weighted by atomic mass is 9.94. The maximum Gasteiger partial charge on any atom is 0.227 e. The van der Waals surface area contributed by atoms with Crippen LogP contribution in [0.3, 0.4) is 0 Å². The molecular formula is C24H28N6O. The van der Waals surface area contributed by atoms with E-state index in [2.05, 4.69) is 44.2 Å². The number of amides is 1. The second kappa shape index (κ2) is 8.13. The standard InChI is InChI=1S/C24H28N6O/c1-17-12-18(2)30(27-17)23-13-22(25-16-26-23)28-10-5-8-21(15-28)24(31)29-11-9-19-6-3-4-7-20(19)14-29/h3-4,6-7,12-13,16,21H,5,8-11,14-15H2,1-2H3/t21-/m0/s1. The minimum Gasteiger partial charge on any atom is -0.356 e. The van der Waals surface area contributed by atoms with Gasteiger partial charge in [0.25, 0.3) is 0 Å². The van der Waals surface area contributed by atoms with Gasteiger partial charge in [0.1, 0.15) is 12.1 Å². The number of aromatic nitrogens is 4. The highest BCUT2D eigenvalue weighted by atomic mass is 16.2. The van der Waals surface area contributed by atoms with Gasteiger partial charge in [0, 0.05) is 37.9 Å². The lowest BCUT2D eigenvalue weighted by molar-refractivity contribution is -0.136. The van der Waals surface area contributed by atoms with Crippen LogP contribution in [-0.2, 0) is 17.8 Å². The Kier molecular flexibility index (Phi) is 5.18. The minimum absolute atomic E-state index is 0.00566. The largest absolute Gasteiger partial charge is 0.356 e. The highest BCUT2D eigenvalue weighted by Gasteiger charge is 2.31. The number of benzene rings is 1. The van der Waals surface area contributed by atoms with Crippen LogP contribution < -0.4 is 4.90 Å². The molecule has 0 unspecified atom stereocenters. The smallest absolute Gasteiger partial charge is 0.227 e. The van der Waals surface area contributed by atoms with Gasteiger partial charge in [-0.2, -0.15) is 5.10 Å². The Bertz CT molecular complexity index is 1110. The predicted molar refractivity (Wildman–Crippen MR) is 119 cm³/mol. The van der Waals surface area contributed by atoms with Crippen molar-refractivity contribution in [2.24, 2.45) is 5.92 Å². The summed E-state index contributed by atoms with van der Waals surface area (Å²) in [6, 6.07) is 12.5. The molecule has 0 bridgehead atoms. The van der Waals surface area contributed by atoms with Crippen molar-refractivity contribution < 1.29 is 4.79 Å². The molecule has 2 aliphatic heterocycles. The molecule has 160 valence electrons. The van der Waals surface area contributed by atoms with E-state index in [9.17, 15) is 4.79 Å². The molecule has 0 N–H and O–H groups in total. The van der Waals surface area contributed by atoms with Crippen LogP contribution >= 0.6 is 0 Å². The van der Waals surface area contributed by atoms with Crippen molar-refractivity contribution in [1.82, 2.24) is 24.6 Å². The Morgan fingerprint density at radius 1 is 1.03 bits per heavy atom. The van der Waals surface area contributed by atoms with Crippen molar-refractivity contribution in [2.75, 3.05) is 24.5 Å². The maximum atomic E-state index is 13.3. The van der Waals surface area contributed by atoms with Crippen molar-refractivity contribution >= 4 is 11.7 Å². The summed E-state index contributed by atoms with van der Waals surface area (Å²) >= 11 is 0. The SMILES string of the molecule is Cc1cc(C)n(-c2cc(N3CCC[C@H](C(=O)N4CCc5ccccc5C4)C3)ncn2)n1. The van der Waals surface area contributed by atoms with Crippen LogP contribution in [0.1, 0.15) is 35.4 Å². The van der Waals surface area contributed by atoms with E-state index in [-0.39, 0.29) is 11.8 Å². The molecule has 7 nitrogen and oxygen atoms in total. The third-order valence-corrected chi connectivity index (χ3v) is 6.40. The van der Waals surface area contributed by atoms with Crippen LogP contribution in [0.5, 0.6) is 0 Å². The molecule has 1 aromatic carbocycles. The monoisotopic (exact) mass is 416 g/mol. The Hall–Kier alpha value is -3.22. The molecule has 4 heterocycles. The van der Waals surface area contributed by atoms with Crippen molar-refractivity contribution in [3.05, 3.63) is 65.2 Å². The fourth-order valence-corrected chi connectivity index (χ4v) is 4.82. The van der Waals surface area contributed by atoms with Crippen LogP contribution in [0.15, 0.2) is 42.7 Å². The molecule has 0 aliphatic carbocycles. The molecule has 1 fully saturated rings. The molecule has 2 aromatic heterocycles. The summed E-state index contributed by atoms with van der Waals surface area (Å²) in [5.74, 6) is 1.90. The number of nitrogens with zero attached hydrogens (tertiary/aromatic N) is 6. The van der Waals surface area contributed by atoms with Crippen molar-refractivity contribution in [1.29, 1.82) is 0 Å². The van der Waals surface area contributed by atoms with Gasteiger partial charge >= 0.3 is 0 Å². The van der Waals surface area contributed by atoms with Gasteiger partial charge in [-0.15, -0.1) is 0 Å². The second-order valence-corrected chi connectivity index (χ2v) is 8.64. The van der Waals surface area contributed by atoms with E-state index in [1.165, 1.54) is 11.1 Å². The first kappa shape index (κ1) is 19.7. The summed E-state index contributed by atoms with van der Waals surface area (Å²) in [4.78, 5) is 26.5. The van der Waals surface area contributed by atoms with Gasteiger partial charge in [-0.3, -0.25) is 4.79 Å². The first-order valence-electron chi connectivity index (χ1n) is 11.0. The number of aryl methyl sites for hydroxylation is 2. The molecule has 1 saturated heterocycles. The molecule has 0 spiro atoms. The van der Waals surface area contributed by atoms with E-state index in [4.69, 9.17) is 0 Å². The van der Waals surface area contributed by atoms with Crippen molar-refractivity contribution in [3.8, 4) is 5.82 Å². The zero-order valence-corrected chi connectivity index (χ0v) is 18.2. The van der Waals surface area contributed by atoms with Gasteiger partial charge in [-0.25, -0.2) is 14.6 Å². The fraction of sp³-hybridized carbons (Fsp3) is 0.417. The van der Waals surface area contributed by atoms with Gasteiger partial charge in [0.15, 0.2) is 5.82 Å². The van der Waals surface area contributed by atoms with Gasteiger partial charge in [-0.1, -0.05) is 24.3 Å². The second-order valence-electron chi connectivity index (χ2n) is 8.64. The summed E-state index contributed by atoms with van der Waals surface area (Å²) in [5, 5.41) is 4.54. The summed E-state index contributed by atoms with van der Waals surface area (Å²) in [6.45, 7) is 7.13.